The van der Waals surface area contributed by atoms with Gasteiger partial charge in [-0.15, -0.1) is 0 Å². The molecule has 1 atom stereocenters. The Balaban J connectivity index is 2.89. The van der Waals surface area contributed by atoms with Crippen molar-refractivity contribution in [1.82, 2.24) is 0 Å². The molecule has 0 heterocycles. The van der Waals surface area contributed by atoms with Crippen LogP contribution in [0.3, 0.4) is 0 Å². The topological polar surface area (TPSA) is 0 Å². The van der Waals surface area contributed by atoms with Gasteiger partial charge in [0.2, 0.25) is 0 Å². The largest absolute Gasteiger partial charge is 0.419 e. The van der Waals surface area contributed by atoms with E-state index in [1.807, 2.05) is 13.8 Å². The van der Waals surface area contributed by atoms with Crippen molar-refractivity contribution >= 4 is 0 Å². The van der Waals surface area contributed by atoms with Crippen LogP contribution < -0.4 is 0 Å². The third kappa shape index (κ3) is 4.02. The van der Waals surface area contributed by atoms with Crippen LogP contribution in [-0.2, 0) is 12.6 Å². The van der Waals surface area contributed by atoms with E-state index in [9.17, 15) is 17.6 Å². The lowest BCUT2D eigenvalue weighted by Gasteiger charge is -2.13. The molecule has 1 aromatic carbocycles. The number of halogens is 4. The van der Waals surface area contributed by atoms with Gasteiger partial charge in [-0.3, -0.25) is 0 Å². The molecule has 1 unspecified atom stereocenters. The van der Waals surface area contributed by atoms with Crippen LogP contribution in [0.15, 0.2) is 18.2 Å². The van der Waals surface area contributed by atoms with Crippen LogP contribution in [0.4, 0.5) is 17.6 Å². The van der Waals surface area contributed by atoms with Gasteiger partial charge in [0.15, 0.2) is 0 Å². The van der Waals surface area contributed by atoms with Gasteiger partial charge in [0.05, 0.1) is 5.56 Å². The highest BCUT2D eigenvalue weighted by molar-refractivity contribution is 5.27. The van der Waals surface area contributed by atoms with Gasteiger partial charge in [-0.2, -0.15) is 13.2 Å². The van der Waals surface area contributed by atoms with E-state index in [1.165, 1.54) is 6.07 Å². The lowest BCUT2D eigenvalue weighted by atomic mass is 9.96. The summed E-state index contributed by atoms with van der Waals surface area (Å²) in [7, 11) is 0. The van der Waals surface area contributed by atoms with Crippen LogP contribution in [0.5, 0.6) is 0 Å². The second kappa shape index (κ2) is 5.52. The van der Waals surface area contributed by atoms with Crippen molar-refractivity contribution in [2.45, 2.75) is 39.3 Å². The highest BCUT2D eigenvalue weighted by atomic mass is 19.4. The summed E-state index contributed by atoms with van der Waals surface area (Å²) in [4.78, 5) is 0. The summed E-state index contributed by atoms with van der Waals surface area (Å²) in [5.41, 5.74) is -0.627. The summed E-state index contributed by atoms with van der Waals surface area (Å²) >= 11 is 0. The maximum Gasteiger partial charge on any atom is 0.419 e. The predicted molar refractivity (Wildman–Crippen MR) is 59.2 cm³/mol. The van der Waals surface area contributed by atoms with Crippen LogP contribution in [0.1, 0.15) is 37.8 Å². The smallest absolute Gasteiger partial charge is 0.206 e. The molecule has 1 rings (SSSR count). The molecule has 96 valence electrons. The van der Waals surface area contributed by atoms with E-state index in [2.05, 4.69) is 0 Å². The molecule has 0 aliphatic carbocycles. The average molecular weight is 248 g/mol. The van der Waals surface area contributed by atoms with Gasteiger partial charge < -0.3 is 0 Å². The molecule has 0 radical (unpaired) electrons. The van der Waals surface area contributed by atoms with E-state index in [-0.39, 0.29) is 0 Å². The first-order valence-corrected chi connectivity index (χ1v) is 5.70. The number of benzene rings is 1. The fourth-order valence-electron chi connectivity index (χ4n) is 1.91. The minimum Gasteiger partial charge on any atom is -0.206 e. The van der Waals surface area contributed by atoms with Gasteiger partial charge in [-0.25, -0.2) is 4.39 Å². The molecule has 0 spiro atoms. The normalized spacial score (nSPS) is 13.8. The zero-order chi connectivity index (χ0) is 13.1. The molecule has 0 saturated carbocycles. The third-order valence-corrected chi connectivity index (χ3v) is 2.70. The molecule has 4 heteroatoms. The summed E-state index contributed by atoms with van der Waals surface area (Å²) in [5, 5.41) is 0. The Morgan fingerprint density at radius 1 is 1.24 bits per heavy atom. The number of alkyl halides is 3. The molecule has 0 saturated heterocycles. The van der Waals surface area contributed by atoms with E-state index in [0.29, 0.717) is 17.9 Å². The van der Waals surface area contributed by atoms with Crippen molar-refractivity contribution < 1.29 is 17.6 Å². The second-order valence-electron chi connectivity index (χ2n) is 4.41. The van der Waals surface area contributed by atoms with Crippen LogP contribution in [0.25, 0.3) is 0 Å². The van der Waals surface area contributed by atoms with Gasteiger partial charge in [0.25, 0.3) is 0 Å². The van der Waals surface area contributed by atoms with Gasteiger partial charge in [0.1, 0.15) is 5.82 Å². The van der Waals surface area contributed by atoms with Crippen molar-refractivity contribution in [2.75, 3.05) is 0 Å². The van der Waals surface area contributed by atoms with Crippen molar-refractivity contribution in [2.24, 2.45) is 5.92 Å². The van der Waals surface area contributed by atoms with Crippen molar-refractivity contribution in [3.05, 3.63) is 35.1 Å². The van der Waals surface area contributed by atoms with Gasteiger partial charge >= 0.3 is 6.18 Å². The van der Waals surface area contributed by atoms with Crippen molar-refractivity contribution in [3.8, 4) is 0 Å². The number of rotatable bonds is 4. The molecule has 1 aromatic rings. The van der Waals surface area contributed by atoms with E-state index in [0.717, 1.165) is 25.0 Å². The molecule has 0 bridgehead atoms. The highest BCUT2D eigenvalue weighted by Crippen LogP contribution is 2.32. The summed E-state index contributed by atoms with van der Waals surface area (Å²) < 4.78 is 50.5. The number of hydrogen-bond acceptors (Lipinski definition) is 0. The van der Waals surface area contributed by atoms with E-state index in [4.69, 9.17) is 0 Å². The Hall–Kier alpha value is -1.06. The lowest BCUT2D eigenvalue weighted by Crippen LogP contribution is -2.09. The SMILES string of the molecule is CCCC(C)Cc1ccc(F)c(C(F)(F)F)c1. The second-order valence-corrected chi connectivity index (χ2v) is 4.41. The van der Waals surface area contributed by atoms with Crippen LogP contribution in [0, 0.1) is 11.7 Å². The van der Waals surface area contributed by atoms with Crippen LogP contribution in [0.2, 0.25) is 0 Å². The zero-order valence-electron chi connectivity index (χ0n) is 9.94. The van der Waals surface area contributed by atoms with E-state index >= 15 is 0 Å². The zero-order valence-corrected chi connectivity index (χ0v) is 9.94. The van der Waals surface area contributed by atoms with Crippen LogP contribution >= 0.6 is 0 Å². The summed E-state index contributed by atoms with van der Waals surface area (Å²) in [6, 6.07) is 3.25. The molecule has 0 aliphatic rings. The Morgan fingerprint density at radius 3 is 2.41 bits per heavy atom. The Bertz CT molecular complexity index is 368. The fraction of sp³-hybridized carbons (Fsp3) is 0.538. The van der Waals surface area contributed by atoms with E-state index < -0.39 is 17.6 Å². The first-order chi connectivity index (χ1) is 7.84. The standard InChI is InChI=1S/C13H16F4/c1-3-4-9(2)7-10-5-6-12(14)11(8-10)13(15,16)17/h5-6,8-9H,3-4,7H2,1-2H3. The average Bonchev–Trinajstić information content (AvgIpc) is 2.19. The highest BCUT2D eigenvalue weighted by Gasteiger charge is 2.34. The van der Waals surface area contributed by atoms with E-state index in [1.54, 1.807) is 0 Å². The van der Waals surface area contributed by atoms with Gasteiger partial charge in [0, 0.05) is 0 Å². The van der Waals surface area contributed by atoms with Gasteiger partial charge in [-0.1, -0.05) is 32.8 Å². The first kappa shape index (κ1) is 14.0. The lowest BCUT2D eigenvalue weighted by molar-refractivity contribution is -0.140. The fourth-order valence-corrected chi connectivity index (χ4v) is 1.91. The molecule has 17 heavy (non-hydrogen) atoms. The van der Waals surface area contributed by atoms with Crippen LogP contribution in [-0.4, -0.2) is 0 Å². The molecule has 0 aromatic heterocycles. The first-order valence-electron chi connectivity index (χ1n) is 5.70. The molecule has 0 fully saturated rings. The Morgan fingerprint density at radius 2 is 1.88 bits per heavy atom. The summed E-state index contributed by atoms with van der Waals surface area (Å²) in [6.07, 6.45) is -2.11. The third-order valence-electron chi connectivity index (χ3n) is 2.70. The maximum atomic E-state index is 13.0. The molecule has 0 nitrogen and oxygen atoms in total. The molecule has 0 aliphatic heterocycles. The minimum atomic E-state index is -4.62. The molecule has 0 N–H and O–H groups in total. The number of hydrogen-bond donors (Lipinski definition) is 0. The monoisotopic (exact) mass is 248 g/mol. The quantitative estimate of drug-likeness (QED) is 0.670. The predicted octanol–water partition coefficient (Wildman–Crippen LogP) is 4.82. The summed E-state index contributed by atoms with van der Waals surface area (Å²) in [5.74, 6) is -0.893. The minimum absolute atomic E-state index is 0.312. The molecule has 0 amide bonds. The Kier molecular flexibility index (Phi) is 4.54. The summed E-state index contributed by atoms with van der Waals surface area (Å²) in [6.45, 7) is 4.02. The maximum absolute atomic E-state index is 13.0. The van der Waals surface area contributed by atoms with Crippen molar-refractivity contribution in [1.29, 1.82) is 0 Å². The molecular formula is C13H16F4. The Labute approximate surface area is 98.6 Å². The van der Waals surface area contributed by atoms with Crippen molar-refractivity contribution in [3.63, 3.8) is 0 Å². The molecular weight excluding hydrogens is 232 g/mol. The van der Waals surface area contributed by atoms with Gasteiger partial charge in [-0.05, 0) is 30.0 Å².